The maximum absolute atomic E-state index is 6.02. The average Bonchev–Trinajstić information content (AvgIpc) is 2.35. The molecule has 3 unspecified atom stereocenters. The van der Waals surface area contributed by atoms with Gasteiger partial charge in [0.2, 0.25) is 0 Å². The zero-order valence-electron chi connectivity index (χ0n) is 12.3. The Labute approximate surface area is 112 Å². The minimum Gasteiger partial charge on any atom is -0.379 e. The topological polar surface area (TPSA) is 38.5 Å². The van der Waals surface area contributed by atoms with Crippen molar-refractivity contribution >= 4 is 0 Å². The van der Waals surface area contributed by atoms with E-state index in [1.807, 2.05) is 0 Å². The second kappa shape index (κ2) is 5.89. The summed E-state index contributed by atoms with van der Waals surface area (Å²) in [7, 11) is 1.80. The lowest BCUT2D eigenvalue weighted by Crippen LogP contribution is -2.52. The van der Waals surface area contributed by atoms with Crippen molar-refractivity contribution in [2.24, 2.45) is 17.6 Å². The molecule has 2 rings (SSSR count). The molecule has 3 nitrogen and oxygen atoms in total. The van der Waals surface area contributed by atoms with E-state index in [-0.39, 0.29) is 5.60 Å². The maximum atomic E-state index is 6.02. The highest BCUT2D eigenvalue weighted by atomic mass is 16.5. The minimum absolute atomic E-state index is 0.0589. The van der Waals surface area contributed by atoms with Gasteiger partial charge in [0.15, 0.2) is 0 Å². The number of piperidine rings is 1. The summed E-state index contributed by atoms with van der Waals surface area (Å²) in [6.45, 7) is 7.61. The second-order valence-corrected chi connectivity index (χ2v) is 6.91. The number of methoxy groups -OCH3 is 1. The Hall–Kier alpha value is -0.120. The molecule has 1 saturated carbocycles. The molecule has 18 heavy (non-hydrogen) atoms. The number of fused-ring (bicyclic) bond motifs is 2. The van der Waals surface area contributed by atoms with Gasteiger partial charge in [-0.15, -0.1) is 0 Å². The van der Waals surface area contributed by atoms with Crippen LogP contribution in [0.1, 0.15) is 46.0 Å². The summed E-state index contributed by atoms with van der Waals surface area (Å²) >= 11 is 0. The van der Waals surface area contributed by atoms with Gasteiger partial charge >= 0.3 is 0 Å². The van der Waals surface area contributed by atoms with Gasteiger partial charge in [-0.25, -0.2) is 0 Å². The summed E-state index contributed by atoms with van der Waals surface area (Å²) < 4.78 is 5.57. The fraction of sp³-hybridized carbons (Fsp3) is 1.00. The van der Waals surface area contributed by atoms with Crippen molar-refractivity contribution < 1.29 is 4.74 Å². The predicted molar refractivity (Wildman–Crippen MR) is 75.6 cm³/mol. The van der Waals surface area contributed by atoms with Crippen LogP contribution >= 0.6 is 0 Å². The lowest BCUT2D eigenvalue weighted by Gasteiger charge is -2.46. The second-order valence-electron chi connectivity index (χ2n) is 6.91. The molecule has 0 radical (unpaired) electrons. The van der Waals surface area contributed by atoms with E-state index in [1.54, 1.807) is 7.11 Å². The Bertz CT molecular complexity index is 255. The van der Waals surface area contributed by atoms with E-state index in [2.05, 4.69) is 18.7 Å². The quantitative estimate of drug-likeness (QED) is 0.818. The Morgan fingerprint density at radius 2 is 1.89 bits per heavy atom. The maximum Gasteiger partial charge on any atom is 0.0638 e. The van der Waals surface area contributed by atoms with Crippen LogP contribution in [0, 0.1) is 11.8 Å². The smallest absolute Gasteiger partial charge is 0.0638 e. The zero-order chi connectivity index (χ0) is 13.2. The van der Waals surface area contributed by atoms with Crippen LogP contribution in [-0.2, 0) is 4.74 Å². The highest BCUT2D eigenvalue weighted by Gasteiger charge is 2.35. The molecule has 2 fully saturated rings. The molecule has 3 atom stereocenters. The molecule has 106 valence electrons. The lowest BCUT2D eigenvalue weighted by molar-refractivity contribution is -0.0235. The summed E-state index contributed by atoms with van der Waals surface area (Å²) in [6, 6.07) is 0.489. The van der Waals surface area contributed by atoms with Gasteiger partial charge in [-0.2, -0.15) is 0 Å². The largest absolute Gasteiger partial charge is 0.379 e. The summed E-state index contributed by atoms with van der Waals surface area (Å²) in [5.74, 6) is 1.86. The van der Waals surface area contributed by atoms with Crippen molar-refractivity contribution in [3.63, 3.8) is 0 Å². The van der Waals surface area contributed by atoms with Crippen LogP contribution in [0.3, 0.4) is 0 Å². The molecule has 0 aromatic carbocycles. The van der Waals surface area contributed by atoms with Crippen molar-refractivity contribution in [3.8, 4) is 0 Å². The summed E-state index contributed by atoms with van der Waals surface area (Å²) in [5, 5.41) is 0. The summed E-state index contributed by atoms with van der Waals surface area (Å²) in [6.07, 6.45) is 6.80. The molecule has 2 N–H and O–H groups in total. The number of ether oxygens (including phenoxy) is 1. The number of nitrogens with two attached hydrogens (primary N) is 1. The van der Waals surface area contributed by atoms with Gasteiger partial charge in [0.1, 0.15) is 0 Å². The van der Waals surface area contributed by atoms with Gasteiger partial charge < -0.3 is 10.5 Å². The van der Waals surface area contributed by atoms with Crippen molar-refractivity contribution in [1.82, 2.24) is 4.90 Å². The van der Waals surface area contributed by atoms with E-state index in [9.17, 15) is 0 Å². The fourth-order valence-electron chi connectivity index (χ4n) is 3.78. The normalized spacial score (nSPS) is 31.3. The Balaban J connectivity index is 1.95. The number of hydrogen-bond acceptors (Lipinski definition) is 3. The molecule has 3 heteroatoms. The van der Waals surface area contributed by atoms with E-state index in [4.69, 9.17) is 10.5 Å². The first kappa shape index (κ1) is 14.3. The zero-order valence-corrected chi connectivity index (χ0v) is 12.3. The van der Waals surface area contributed by atoms with Crippen molar-refractivity contribution in [1.29, 1.82) is 0 Å². The van der Waals surface area contributed by atoms with Crippen molar-refractivity contribution in [2.45, 2.75) is 57.6 Å². The average molecular weight is 254 g/mol. The first-order chi connectivity index (χ1) is 8.54. The van der Waals surface area contributed by atoms with E-state index in [1.165, 1.54) is 38.8 Å². The van der Waals surface area contributed by atoms with Gasteiger partial charge in [0.05, 0.1) is 5.60 Å². The number of hydrogen-bond donors (Lipinski definition) is 1. The van der Waals surface area contributed by atoms with Crippen LogP contribution in [0.2, 0.25) is 0 Å². The van der Waals surface area contributed by atoms with Crippen LogP contribution in [-0.4, -0.2) is 43.3 Å². The van der Waals surface area contributed by atoms with E-state index < -0.39 is 0 Å². The third-order valence-electron chi connectivity index (χ3n) is 4.95. The Morgan fingerprint density at radius 1 is 1.28 bits per heavy atom. The molecule has 0 aromatic rings. The third-order valence-corrected chi connectivity index (χ3v) is 4.95. The Morgan fingerprint density at radius 3 is 2.39 bits per heavy atom. The SMILES string of the molecule is COC(C)(C)CC(CN)N1CC2CCCC(C2)C1. The molecule has 1 aliphatic heterocycles. The van der Waals surface area contributed by atoms with E-state index in [0.29, 0.717) is 6.04 Å². The first-order valence-electron chi connectivity index (χ1n) is 7.53. The first-order valence-corrected chi connectivity index (χ1v) is 7.53. The lowest BCUT2D eigenvalue weighted by atomic mass is 9.77. The molecule has 0 amide bonds. The van der Waals surface area contributed by atoms with Crippen LogP contribution in [0.25, 0.3) is 0 Å². The summed E-state index contributed by atoms with van der Waals surface area (Å²) in [5.41, 5.74) is 5.96. The van der Waals surface area contributed by atoms with E-state index >= 15 is 0 Å². The molecule has 0 aromatic heterocycles. The molecule has 1 aliphatic carbocycles. The minimum atomic E-state index is -0.0589. The molecule has 0 spiro atoms. The van der Waals surface area contributed by atoms with Crippen LogP contribution in [0.4, 0.5) is 0 Å². The predicted octanol–water partition coefficient (Wildman–Crippen LogP) is 2.25. The van der Waals surface area contributed by atoms with Gasteiger partial charge in [0.25, 0.3) is 0 Å². The van der Waals surface area contributed by atoms with Gasteiger partial charge in [0, 0.05) is 32.8 Å². The molecule has 2 aliphatic rings. The van der Waals surface area contributed by atoms with Crippen molar-refractivity contribution in [2.75, 3.05) is 26.7 Å². The van der Waals surface area contributed by atoms with E-state index in [0.717, 1.165) is 24.8 Å². The summed E-state index contributed by atoms with van der Waals surface area (Å²) in [4.78, 5) is 2.65. The fourth-order valence-corrected chi connectivity index (χ4v) is 3.78. The van der Waals surface area contributed by atoms with Crippen LogP contribution in [0.5, 0.6) is 0 Å². The van der Waals surface area contributed by atoms with Gasteiger partial charge in [-0.1, -0.05) is 6.42 Å². The standard InChI is InChI=1S/C15H30N2O/c1-15(2,18-3)8-14(9-16)17-10-12-5-4-6-13(7-12)11-17/h12-14H,4-11,16H2,1-3H3. The highest BCUT2D eigenvalue weighted by Crippen LogP contribution is 2.35. The molecular weight excluding hydrogens is 224 g/mol. The van der Waals surface area contributed by atoms with Gasteiger partial charge in [-0.3, -0.25) is 4.90 Å². The van der Waals surface area contributed by atoms with Crippen LogP contribution < -0.4 is 5.73 Å². The monoisotopic (exact) mass is 254 g/mol. The van der Waals surface area contributed by atoms with Crippen LogP contribution in [0.15, 0.2) is 0 Å². The molecule has 1 saturated heterocycles. The molecule has 2 bridgehead atoms. The molecule has 1 heterocycles. The number of rotatable bonds is 5. The number of likely N-dealkylation sites (tertiary alicyclic amines) is 1. The highest BCUT2D eigenvalue weighted by molar-refractivity contribution is 4.89. The van der Waals surface area contributed by atoms with Crippen molar-refractivity contribution in [3.05, 3.63) is 0 Å². The third kappa shape index (κ3) is 3.46. The van der Waals surface area contributed by atoms with Gasteiger partial charge in [-0.05, 0) is 51.4 Å². The molecular formula is C15H30N2O. The Kier molecular flexibility index (Phi) is 4.68. The number of nitrogens with zero attached hydrogens (tertiary/aromatic N) is 1.